The Morgan fingerprint density at radius 2 is 0.694 bits per heavy atom. The Bertz CT molecular complexity index is 3830. The van der Waals surface area contributed by atoms with E-state index in [1.165, 1.54) is 36.4 Å². The third kappa shape index (κ3) is 17.9. The number of fused-ring (bicyclic) bond motifs is 6. The van der Waals surface area contributed by atoms with E-state index in [9.17, 15) is 41.9 Å². The van der Waals surface area contributed by atoms with E-state index < -0.39 is 0 Å². The Balaban J connectivity index is 0.000000143. The summed E-state index contributed by atoms with van der Waals surface area (Å²) in [6.07, 6.45) is 27.2. The largest absolute Gasteiger partial charge is 0.462 e. The topological polar surface area (TPSA) is 233 Å². The van der Waals surface area contributed by atoms with Gasteiger partial charge >= 0.3 is 36.2 Å². The summed E-state index contributed by atoms with van der Waals surface area (Å²) < 4.78 is 73.0. The molecule has 3 aromatic carbocycles. The average molecular weight is 1480 g/mol. The number of carbonyl (C=O) groups is 6. The molecule has 0 unspecified atom stereocenters. The van der Waals surface area contributed by atoms with E-state index in [1.807, 2.05) is 93.6 Å². The molecule has 6 aliphatic carbocycles. The average Bonchev–Trinajstić information content (AvgIpc) is 1.54. The van der Waals surface area contributed by atoms with Gasteiger partial charge in [0, 0.05) is 71.2 Å². The lowest BCUT2D eigenvalue weighted by molar-refractivity contribution is -0.145. The quantitative estimate of drug-likeness (QED) is 0.0641. The fourth-order valence-corrected chi connectivity index (χ4v) is 19.9. The van der Waals surface area contributed by atoms with Crippen LogP contribution in [0.5, 0.6) is 0 Å². The summed E-state index contributed by atoms with van der Waals surface area (Å²) in [6, 6.07) is 31.3. The Morgan fingerprint density at radius 3 is 0.944 bits per heavy atom. The number of cyclic esters (lactones) is 3. The van der Waals surface area contributed by atoms with Crippen molar-refractivity contribution in [3.8, 4) is 33.4 Å². The van der Waals surface area contributed by atoms with Crippen molar-refractivity contribution in [2.45, 2.75) is 155 Å². The van der Waals surface area contributed by atoms with E-state index in [1.54, 1.807) is 57.6 Å². The lowest BCUT2D eigenvalue weighted by Crippen LogP contribution is -2.48. The number of esters is 3. The lowest BCUT2D eigenvalue weighted by atomic mass is 9.57. The zero-order valence-electron chi connectivity index (χ0n) is 62.2. The van der Waals surface area contributed by atoms with Crippen LogP contribution in [0.15, 0.2) is 146 Å². The van der Waals surface area contributed by atoms with Gasteiger partial charge in [-0.2, -0.15) is 0 Å². The van der Waals surface area contributed by atoms with Crippen LogP contribution in [0, 0.1) is 106 Å². The number of hydrogen-bond donors (Lipinski definition) is 3. The molecule has 6 aromatic rings. The summed E-state index contributed by atoms with van der Waals surface area (Å²) in [6.45, 7) is 12.5. The lowest BCUT2D eigenvalue weighted by Gasteiger charge is -2.47. The van der Waals surface area contributed by atoms with Gasteiger partial charge in [0.1, 0.15) is 35.8 Å². The molecule has 108 heavy (non-hydrogen) atoms. The van der Waals surface area contributed by atoms with E-state index in [2.05, 4.69) is 49.1 Å². The van der Waals surface area contributed by atoms with Gasteiger partial charge in [0.25, 0.3) is 0 Å². The molecule has 18 nitrogen and oxygen atoms in total. The molecule has 0 spiro atoms. The van der Waals surface area contributed by atoms with Gasteiger partial charge in [-0.05, 0) is 261 Å². The van der Waals surface area contributed by atoms with Gasteiger partial charge < -0.3 is 44.4 Å². The van der Waals surface area contributed by atoms with Crippen LogP contribution in [0.4, 0.5) is 27.6 Å². The zero-order chi connectivity index (χ0) is 75.7. The first-order chi connectivity index (χ1) is 52.3. The van der Waals surface area contributed by atoms with E-state index in [0.717, 1.165) is 128 Å². The maximum Gasteiger partial charge on any atom is 0.407 e. The molecule has 9 fully saturated rings. The van der Waals surface area contributed by atoms with Crippen LogP contribution in [0.3, 0.4) is 0 Å². The first kappa shape index (κ1) is 76.5. The van der Waals surface area contributed by atoms with Crippen LogP contribution in [0.1, 0.15) is 136 Å². The Morgan fingerprint density at radius 1 is 0.407 bits per heavy atom. The van der Waals surface area contributed by atoms with Crippen molar-refractivity contribution in [2.24, 2.45) is 88.8 Å². The maximum atomic E-state index is 13.6. The molecule has 6 saturated carbocycles. The van der Waals surface area contributed by atoms with Crippen LogP contribution in [-0.2, 0) is 42.8 Å². The van der Waals surface area contributed by atoms with Crippen LogP contribution in [-0.4, -0.2) is 107 Å². The number of nitrogens with one attached hydrogen (secondary N) is 3. The highest BCUT2D eigenvalue weighted by Gasteiger charge is 2.58. The maximum absolute atomic E-state index is 13.6. The molecule has 21 heteroatoms. The van der Waals surface area contributed by atoms with E-state index in [4.69, 9.17) is 28.4 Å². The number of allylic oxidation sites excluding steroid dienone is 3. The van der Waals surface area contributed by atoms with Gasteiger partial charge in [-0.1, -0.05) is 72.8 Å². The standard InChI is InChI=1S/3C29H33FN2O4/c3*1-3-35-29(34)32-23-10-11-24-20(14-23)15-26-27(17(2)36-28(26)33)25(24)12-9-22-8-7-19(16-31-22)18-5-4-6-21(30)13-18/h3*4-9,12-13,16-17,20,23-27H,3,10-11,14-15H2,1-2H3,(H,32,34)/b3*12-9+/t17-,20+,23+,24+,25+,26-,27-;17-,20+,23+,24+,25-,26+,27+;17-,20-,23-,24+,25+,26+,27+/m001/s1. The van der Waals surface area contributed by atoms with Gasteiger partial charge in [0.05, 0.1) is 54.7 Å². The summed E-state index contributed by atoms with van der Waals surface area (Å²) >= 11 is 0. The predicted octanol–water partition coefficient (Wildman–Crippen LogP) is 16.9. The summed E-state index contributed by atoms with van der Waals surface area (Å²) in [5.74, 6) is 1.89. The number of carbonyl (C=O) groups excluding carboxylic acids is 6. The van der Waals surface area contributed by atoms with Crippen molar-refractivity contribution in [3.05, 3.63) is 181 Å². The number of hydrogen-bond acceptors (Lipinski definition) is 15. The molecule has 3 aromatic heterocycles. The Kier molecular flexibility index (Phi) is 24.6. The highest BCUT2D eigenvalue weighted by Crippen LogP contribution is 2.57. The SMILES string of the molecule is CCOC(=O)N[C@@H]1CC[C@@H]2[C@H](C1)C[C@@H]1C(=O)O[C@@H](C)[C@H]1[C@@H]2/C=C/c1ccc(-c2cccc(F)c2)cn1.CCOC(=O)N[C@@H]1CC[C@@H]2[C@H](C1)C[C@H]1C(=O)O[C@@H](C)[C@@H]1[C@H]2/C=C/c1ccc(-c2cccc(F)c2)cn1.CCOC(=O)N[C@@H]1CC[C@H]2[C@H](C1)C[C@@H]1C(=O)O[C@H](C)[C@H]1[C@H]2/C=C/c1ccc(-c2cccc(F)c2)cn1. The highest BCUT2D eigenvalue weighted by molar-refractivity contribution is 5.78. The number of amides is 3. The highest BCUT2D eigenvalue weighted by atomic mass is 19.1. The first-order valence-electron chi connectivity index (χ1n) is 38.9. The Hall–Kier alpha value is -9.66. The van der Waals surface area contributed by atoms with Crippen LogP contribution in [0.25, 0.3) is 51.6 Å². The molecular formula is C87H99F3N6O12. The molecule has 9 aliphatic rings. The number of halogens is 3. The molecule has 6 heterocycles. The molecule has 3 amide bonds. The number of pyridine rings is 3. The molecular weight excluding hydrogens is 1380 g/mol. The fourth-order valence-electron chi connectivity index (χ4n) is 19.9. The summed E-state index contributed by atoms with van der Waals surface area (Å²) in [4.78, 5) is 87.7. The molecule has 3 saturated heterocycles. The number of alkyl carbamates (subject to hydrolysis) is 3. The number of benzene rings is 3. The van der Waals surface area contributed by atoms with Gasteiger partial charge in [0.15, 0.2) is 0 Å². The van der Waals surface area contributed by atoms with E-state index in [-0.39, 0.29) is 143 Å². The molecule has 3 aliphatic heterocycles. The van der Waals surface area contributed by atoms with E-state index >= 15 is 0 Å². The van der Waals surface area contributed by atoms with E-state index in [0.29, 0.717) is 55.3 Å². The third-order valence-electron chi connectivity index (χ3n) is 24.5. The van der Waals surface area contributed by atoms with Crippen LogP contribution < -0.4 is 16.0 Å². The van der Waals surface area contributed by atoms with Crippen molar-refractivity contribution in [3.63, 3.8) is 0 Å². The monoisotopic (exact) mass is 1480 g/mol. The third-order valence-corrected chi connectivity index (χ3v) is 24.5. The van der Waals surface area contributed by atoms with Crippen LogP contribution in [0.2, 0.25) is 0 Å². The van der Waals surface area contributed by atoms with Crippen LogP contribution >= 0.6 is 0 Å². The van der Waals surface area contributed by atoms with Crippen molar-refractivity contribution in [2.75, 3.05) is 19.8 Å². The summed E-state index contributed by atoms with van der Waals surface area (Å²) in [7, 11) is 0. The zero-order valence-corrected chi connectivity index (χ0v) is 62.2. The second-order valence-corrected chi connectivity index (χ2v) is 30.8. The van der Waals surface area contributed by atoms with Gasteiger partial charge in [-0.25, -0.2) is 27.6 Å². The minimum absolute atomic E-state index is 0.0679. The summed E-state index contributed by atoms with van der Waals surface area (Å²) in [5, 5.41) is 9.00. The van der Waals surface area contributed by atoms with Gasteiger partial charge in [-0.3, -0.25) is 29.3 Å². The number of nitrogens with zero attached hydrogens (tertiary/aromatic N) is 3. The normalized spacial score (nSPS) is 31.4. The fraction of sp³-hybridized carbons (Fsp3) is 0.483. The van der Waals surface area contributed by atoms with Crippen molar-refractivity contribution < 1.29 is 70.4 Å². The Labute approximate surface area is 630 Å². The molecule has 3 N–H and O–H groups in total. The van der Waals surface area contributed by atoms with Crippen molar-refractivity contribution in [1.82, 2.24) is 30.9 Å². The summed E-state index contributed by atoms with van der Waals surface area (Å²) in [5.41, 5.74) is 7.43. The smallest absolute Gasteiger partial charge is 0.407 e. The molecule has 21 atom stereocenters. The number of ether oxygens (including phenoxy) is 6. The second-order valence-electron chi connectivity index (χ2n) is 30.8. The minimum atomic E-state index is -0.368. The minimum Gasteiger partial charge on any atom is -0.462 e. The predicted molar refractivity (Wildman–Crippen MR) is 402 cm³/mol. The molecule has 15 rings (SSSR count). The van der Waals surface area contributed by atoms with Gasteiger partial charge in [-0.15, -0.1) is 0 Å². The number of aromatic nitrogens is 3. The molecule has 570 valence electrons. The first-order valence-corrected chi connectivity index (χ1v) is 38.9. The van der Waals surface area contributed by atoms with Gasteiger partial charge in [0.2, 0.25) is 0 Å². The van der Waals surface area contributed by atoms with Crippen molar-refractivity contribution >= 4 is 54.4 Å². The molecule has 0 bridgehead atoms. The number of rotatable bonds is 15. The molecule has 0 radical (unpaired) electrons. The van der Waals surface area contributed by atoms with Crippen molar-refractivity contribution in [1.29, 1.82) is 0 Å². The second kappa shape index (κ2) is 34.7.